The standard InChI is InChI=1S/C18H33NO4/c1-5-9-19(6-2)11-15-12-22-18(23-15)8-7-14(10-16(18)21)17(3,4)13-20/h10,14-15,20-21H,5-9,11-13H2,1-4H3. The molecule has 2 aliphatic rings. The lowest BCUT2D eigenvalue weighted by molar-refractivity contribution is -0.175. The first kappa shape index (κ1) is 18.7. The Labute approximate surface area is 140 Å². The lowest BCUT2D eigenvalue weighted by atomic mass is 9.73. The lowest BCUT2D eigenvalue weighted by Gasteiger charge is -2.39. The van der Waals surface area contributed by atoms with E-state index >= 15 is 0 Å². The zero-order chi connectivity index (χ0) is 17.1. The number of hydrogen-bond donors (Lipinski definition) is 2. The summed E-state index contributed by atoms with van der Waals surface area (Å²) in [5, 5.41) is 20.0. The van der Waals surface area contributed by atoms with E-state index in [2.05, 4.69) is 18.7 Å². The van der Waals surface area contributed by atoms with E-state index in [-0.39, 0.29) is 29.8 Å². The van der Waals surface area contributed by atoms with E-state index in [0.717, 1.165) is 32.5 Å². The topological polar surface area (TPSA) is 62.2 Å². The molecule has 0 bridgehead atoms. The molecule has 0 amide bonds. The Morgan fingerprint density at radius 2 is 2.13 bits per heavy atom. The van der Waals surface area contributed by atoms with Crippen molar-refractivity contribution in [1.82, 2.24) is 4.90 Å². The van der Waals surface area contributed by atoms with Crippen LogP contribution in [0.5, 0.6) is 0 Å². The largest absolute Gasteiger partial charge is 0.507 e. The third kappa shape index (κ3) is 4.08. The minimum atomic E-state index is -0.960. The molecule has 0 aromatic rings. The van der Waals surface area contributed by atoms with Crippen molar-refractivity contribution in [2.45, 2.75) is 58.8 Å². The molecule has 1 spiro atoms. The van der Waals surface area contributed by atoms with Gasteiger partial charge < -0.3 is 24.6 Å². The Bertz CT molecular complexity index is 423. The Hall–Kier alpha value is -0.620. The second-order valence-corrected chi connectivity index (χ2v) is 7.54. The highest BCUT2D eigenvalue weighted by molar-refractivity contribution is 5.15. The molecule has 23 heavy (non-hydrogen) atoms. The van der Waals surface area contributed by atoms with Crippen molar-refractivity contribution in [3.05, 3.63) is 11.8 Å². The van der Waals surface area contributed by atoms with Gasteiger partial charge in [-0.3, -0.25) is 0 Å². The van der Waals surface area contributed by atoms with Crippen molar-refractivity contribution in [2.75, 3.05) is 32.8 Å². The minimum absolute atomic E-state index is 0.000507. The van der Waals surface area contributed by atoms with E-state index in [1.54, 1.807) is 0 Å². The average molecular weight is 327 g/mol. The summed E-state index contributed by atoms with van der Waals surface area (Å²) in [6, 6.07) is 0. The van der Waals surface area contributed by atoms with Crippen LogP contribution in [0.3, 0.4) is 0 Å². The summed E-state index contributed by atoms with van der Waals surface area (Å²) in [4.78, 5) is 2.36. The van der Waals surface area contributed by atoms with Gasteiger partial charge in [0.15, 0.2) is 0 Å². The number of hydrogen-bond acceptors (Lipinski definition) is 5. The quantitative estimate of drug-likeness (QED) is 0.753. The van der Waals surface area contributed by atoms with Crippen LogP contribution in [0.15, 0.2) is 11.8 Å². The summed E-state index contributed by atoms with van der Waals surface area (Å²) in [7, 11) is 0. The van der Waals surface area contributed by atoms with Crippen molar-refractivity contribution >= 4 is 0 Å². The first-order chi connectivity index (χ1) is 10.9. The van der Waals surface area contributed by atoms with Crippen LogP contribution in [0.1, 0.15) is 47.0 Å². The first-order valence-corrected chi connectivity index (χ1v) is 8.93. The molecule has 1 fully saturated rings. The van der Waals surface area contributed by atoms with Gasteiger partial charge in [-0.15, -0.1) is 0 Å². The molecule has 0 aromatic heterocycles. The van der Waals surface area contributed by atoms with Crippen molar-refractivity contribution in [3.63, 3.8) is 0 Å². The van der Waals surface area contributed by atoms with Crippen molar-refractivity contribution in [3.8, 4) is 0 Å². The molecule has 5 nitrogen and oxygen atoms in total. The van der Waals surface area contributed by atoms with Crippen LogP contribution in [-0.2, 0) is 9.47 Å². The number of aliphatic hydroxyl groups excluding tert-OH is 2. The fourth-order valence-corrected chi connectivity index (χ4v) is 3.51. The normalized spacial score (nSPS) is 31.8. The Morgan fingerprint density at radius 1 is 1.39 bits per heavy atom. The number of aliphatic hydroxyl groups is 2. The summed E-state index contributed by atoms with van der Waals surface area (Å²) in [6.07, 6.45) is 4.43. The third-order valence-electron chi connectivity index (χ3n) is 5.25. The van der Waals surface area contributed by atoms with E-state index in [1.165, 1.54) is 0 Å². The molecule has 134 valence electrons. The molecule has 2 rings (SSSR count). The van der Waals surface area contributed by atoms with E-state index < -0.39 is 5.79 Å². The maximum absolute atomic E-state index is 10.5. The van der Waals surface area contributed by atoms with Crippen molar-refractivity contribution < 1.29 is 19.7 Å². The molecule has 0 saturated carbocycles. The average Bonchev–Trinajstić information content (AvgIpc) is 2.93. The lowest BCUT2D eigenvalue weighted by Crippen LogP contribution is -2.41. The molecular weight excluding hydrogens is 294 g/mol. The summed E-state index contributed by atoms with van der Waals surface area (Å²) in [6.45, 7) is 11.9. The highest BCUT2D eigenvalue weighted by Gasteiger charge is 2.49. The van der Waals surface area contributed by atoms with Gasteiger partial charge in [-0.05, 0) is 43.3 Å². The van der Waals surface area contributed by atoms with Crippen LogP contribution < -0.4 is 0 Å². The zero-order valence-electron chi connectivity index (χ0n) is 15.0. The molecule has 1 aliphatic carbocycles. The highest BCUT2D eigenvalue weighted by atomic mass is 16.8. The van der Waals surface area contributed by atoms with Gasteiger partial charge in [0.05, 0.1) is 12.7 Å². The van der Waals surface area contributed by atoms with Crippen LogP contribution in [0.4, 0.5) is 0 Å². The Balaban J connectivity index is 2.01. The van der Waals surface area contributed by atoms with E-state index in [9.17, 15) is 10.2 Å². The van der Waals surface area contributed by atoms with E-state index in [1.807, 2.05) is 19.9 Å². The Morgan fingerprint density at radius 3 is 2.70 bits per heavy atom. The van der Waals surface area contributed by atoms with E-state index in [4.69, 9.17) is 9.47 Å². The van der Waals surface area contributed by atoms with Crippen LogP contribution >= 0.6 is 0 Å². The number of likely N-dealkylation sites (N-methyl/N-ethyl adjacent to an activating group) is 1. The monoisotopic (exact) mass is 327 g/mol. The van der Waals surface area contributed by atoms with Gasteiger partial charge in [-0.25, -0.2) is 0 Å². The Kier molecular flexibility index (Phi) is 6.11. The van der Waals surface area contributed by atoms with Crippen LogP contribution in [0, 0.1) is 11.3 Å². The smallest absolute Gasteiger partial charge is 0.227 e. The molecule has 0 radical (unpaired) electrons. The number of allylic oxidation sites excluding steroid dienone is 1. The van der Waals surface area contributed by atoms with Gasteiger partial charge in [0.1, 0.15) is 5.76 Å². The second-order valence-electron chi connectivity index (χ2n) is 7.54. The van der Waals surface area contributed by atoms with Gasteiger partial charge in [0.25, 0.3) is 0 Å². The summed E-state index contributed by atoms with van der Waals surface area (Å²) < 4.78 is 12.0. The third-order valence-corrected chi connectivity index (χ3v) is 5.25. The molecule has 5 heteroatoms. The van der Waals surface area contributed by atoms with Crippen molar-refractivity contribution in [2.24, 2.45) is 11.3 Å². The molecule has 3 atom stereocenters. The summed E-state index contributed by atoms with van der Waals surface area (Å²) in [5.41, 5.74) is -0.242. The summed E-state index contributed by atoms with van der Waals surface area (Å²) >= 11 is 0. The van der Waals surface area contributed by atoms with Gasteiger partial charge in [0.2, 0.25) is 5.79 Å². The fraction of sp³-hybridized carbons (Fsp3) is 0.889. The van der Waals surface area contributed by atoms with Crippen molar-refractivity contribution in [1.29, 1.82) is 0 Å². The molecule has 1 saturated heterocycles. The molecule has 0 aromatic carbocycles. The molecule has 1 heterocycles. The molecule has 2 N–H and O–H groups in total. The predicted octanol–water partition coefficient (Wildman–Crippen LogP) is 2.70. The highest BCUT2D eigenvalue weighted by Crippen LogP contribution is 2.44. The minimum Gasteiger partial charge on any atom is -0.507 e. The number of nitrogens with zero attached hydrogens (tertiary/aromatic N) is 1. The van der Waals surface area contributed by atoms with Gasteiger partial charge in [-0.1, -0.05) is 27.7 Å². The van der Waals surface area contributed by atoms with Crippen LogP contribution in [0.2, 0.25) is 0 Å². The van der Waals surface area contributed by atoms with Gasteiger partial charge in [-0.2, -0.15) is 0 Å². The SMILES string of the molecule is CCCN(CC)CC1COC2(CCC(C(C)(C)CO)C=C2O)O1. The number of rotatable bonds is 7. The molecule has 1 aliphatic heterocycles. The van der Waals surface area contributed by atoms with Crippen LogP contribution in [-0.4, -0.2) is 59.9 Å². The zero-order valence-corrected chi connectivity index (χ0v) is 15.0. The molecular formula is C18H33NO4. The predicted molar refractivity (Wildman–Crippen MR) is 90.3 cm³/mol. The van der Waals surface area contributed by atoms with Crippen LogP contribution in [0.25, 0.3) is 0 Å². The summed E-state index contributed by atoms with van der Waals surface area (Å²) in [5.74, 6) is -0.647. The fourth-order valence-electron chi connectivity index (χ4n) is 3.51. The second kappa shape index (κ2) is 7.51. The first-order valence-electron chi connectivity index (χ1n) is 8.93. The van der Waals surface area contributed by atoms with Gasteiger partial charge >= 0.3 is 0 Å². The maximum Gasteiger partial charge on any atom is 0.227 e. The number of ether oxygens (including phenoxy) is 2. The maximum atomic E-state index is 10.5. The van der Waals surface area contributed by atoms with Gasteiger partial charge in [0, 0.05) is 19.6 Å². The van der Waals surface area contributed by atoms with E-state index in [0.29, 0.717) is 13.0 Å². The molecule has 3 unspecified atom stereocenters.